The van der Waals surface area contributed by atoms with Gasteiger partial charge >= 0.3 is 6.18 Å². The minimum absolute atomic E-state index is 0.370. The lowest BCUT2D eigenvalue weighted by Gasteiger charge is -2.03. The Morgan fingerprint density at radius 1 is 1.50 bits per heavy atom. The number of nitrogens with one attached hydrogen (secondary N) is 1. The van der Waals surface area contributed by atoms with E-state index in [-0.39, 0.29) is 5.56 Å². The standard InChI is InChI=1S/C6H5F3N2O/c7-6(8,9)1-4-2-10-3-11-5(4)12/h2-3H,1H2,(H,10,11,12). The summed E-state index contributed by atoms with van der Waals surface area (Å²) in [6.45, 7) is 0. The fraction of sp³-hybridized carbons (Fsp3) is 0.333. The Hall–Kier alpha value is -1.33. The van der Waals surface area contributed by atoms with Gasteiger partial charge in [-0.3, -0.25) is 4.79 Å². The molecule has 1 heterocycles. The van der Waals surface area contributed by atoms with Gasteiger partial charge in [0.2, 0.25) is 0 Å². The number of halogens is 3. The molecular formula is C6H5F3N2O. The molecule has 3 nitrogen and oxygen atoms in total. The number of H-pyrrole nitrogens is 1. The van der Waals surface area contributed by atoms with Crippen molar-refractivity contribution >= 4 is 0 Å². The van der Waals surface area contributed by atoms with Gasteiger partial charge in [0.1, 0.15) is 0 Å². The molecule has 12 heavy (non-hydrogen) atoms. The molecule has 0 saturated heterocycles. The quantitative estimate of drug-likeness (QED) is 0.693. The summed E-state index contributed by atoms with van der Waals surface area (Å²) in [4.78, 5) is 16.1. The van der Waals surface area contributed by atoms with Crippen molar-refractivity contribution in [2.45, 2.75) is 12.6 Å². The minimum atomic E-state index is -4.37. The number of hydrogen-bond acceptors (Lipinski definition) is 2. The molecule has 1 aromatic heterocycles. The Morgan fingerprint density at radius 2 is 2.17 bits per heavy atom. The molecule has 0 fully saturated rings. The molecule has 1 aromatic rings. The van der Waals surface area contributed by atoms with E-state index in [0.717, 1.165) is 12.5 Å². The zero-order chi connectivity index (χ0) is 9.19. The molecule has 0 aliphatic carbocycles. The summed E-state index contributed by atoms with van der Waals surface area (Å²) in [7, 11) is 0. The lowest BCUT2D eigenvalue weighted by atomic mass is 10.2. The first-order valence-electron chi connectivity index (χ1n) is 3.07. The molecule has 0 bridgehead atoms. The molecule has 0 aliphatic heterocycles. The van der Waals surface area contributed by atoms with Crippen molar-refractivity contribution in [2.75, 3.05) is 0 Å². The molecule has 1 rings (SSSR count). The second-order valence-corrected chi connectivity index (χ2v) is 2.20. The van der Waals surface area contributed by atoms with E-state index in [1.54, 1.807) is 0 Å². The van der Waals surface area contributed by atoms with Crippen molar-refractivity contribution in [1.29, 1.82) is 0 Å². The molecule has 0 radical (unpaired) electrons. The van der Waals surface area contributed by atoms with Crippen LogP contribution in [0, 0.1) is 0 Å². The van der Waals surface area contributed by atoms with Crippen LogP contribution in [0.2, 0.25) is 0 Å². The van der Waals surface area contributed by atoms with Crippen LogP contribution in [0.4, 0.5) is 13.2 Å². The highest BCUT2D eigenvalue weighted by Gasteiger charge is 2.28. The van der Waals surface area contributed by atoms with E-state index >= 15 is 0 Å². The zero-order valence-electron chi connectivity index (χ0n) is 5.85. The van der Waals surface area contributed by atoms with Crippen LogP contribution in [-0.4, -0.2) is 16.1 Å². The van der Waals surface area contributed by atoms with Gasteiger partial charge in [-0.25, -0.2) is 4.98 Å². The Morgan fingerprint density at radius 3 is 2.67 bits per heavy atom. The fourth-order valence-electron chi connectivity index (χ4n) is 0.716. The van der Waals surface area contributed by atoms with Crippen molar-refractivity contribution in [3.8, 4) is 0 Å². The van der Waals surface area contributed by atoms with Gasteiger partial charge in [-0.1, -0.05) is 0 Å². The van der Waals surface area contributed by atoms with E-state index in [2.05, 4.69) is 9.97 Å². The number of aromatic amines is 1. The number of nitrogens with zero attached hydrogens (tertiary/aromatic N) is 1. The van der Waals surface area contributed by atoms with Crippen LogP contribution in [0.3, 0.4) is 0 Å². The van der Waals surface area contributed by atoms with Gasteiger partial charge in [-0.2, -0.15) is 13.2 Å². The molecule has 6 heteroatoms. The maximum absolute atomic E-state index is 11.7. The van der Waals surface area contributed by atoms with E-state index in [4.69, 9.17) is 0 Å². The number of alkyl halides is 3. The van der Waals surface area contributed by atoms with Gasteiger partial charge in [-0.05, 0) is 0 Å². The average molecular weight is 178 g/mol. The summed E-state index contributed by atoms with van der Waals surface area (Å²) in [6.07, 6.45) is -3.65. The molecule has 0 amide bonds. The molecular weight excluding hydrogens is 173 g/mol. The van der Waals surface area contributed by atoms with Crippen LogP contribution in [0.25, 0.3) is 0 Å². The summed E-state index contributed by atoms with van der Waals surface area (Å²) in [5, 5.41) is 0. The Kier molecular flexibility index (Phi) is 2.16. The summed E-state index contributed by atoms with van der Waals surface area (Å²) >= 11 is 0. The molecule has 66 valence electrons. The van der Waals surface area contributed by atoms with Crippen molar-refractivity contribution in [1.82, 2.24) is 9.97 Å². The van der Waals surface area contributed by atoms with Gasteiger partial charge in [-0.15, -0.1) is 0 Å². The van der Waals surface area contributed by atoms with Crippen molar-refractivity contribution < 1.29 is 13.2 Å². The highest BCUT2D eigenvalue weighted by Crippen LogP contribution is 2.18. The maximum Gasteiger partial charge on any atom is 0.393 e. The third-order valence-electron chi connectivity index (χ3n) is 1.18. The highest BCUT2D eigenvalue weighted by atomic mass is 19.4. The SMILES string of the molecule is O=c1[nH]cncc1CC(F)(F)F. The smallest absolute Gasteiger partial charge is 0.313 e. The Balaban J connectivity index is 2.91. The first-order valence-corrected chi connectivity index (χ1v) is 3.07. The summed E-state index contributed by atoms with van der Waals surface area (Å²) in [5.74, 6) is 0. The number of rotatable bonds is 1. The highest BCUT2D eigenvalue weighted by molar-refractivity contribution is 5.04. The fourth-order valence-corrected chi connectivity index (χ4v) is 0.716. The van der Waals surface area contributed by atoms with E-state index in [1.807, 2.05) is 0 Å². The van der Waals surface area contributed by atoms with E-state index < -0.39 is 18.2 Å². The van der Waals surface area contributed by atoms with E-state index in [9.17, 15) is 18.0 Å². The molecule has 0 aliphatic rings. The molecule has 0 atom stereocenters. The third-order valence-corrected chi connectivity index (χ3v) is 1.18. The normalized spacial score (nSPS) is 11.6. The molecule has 0 spiro atoms. The average Bonchev–Trinajstić information content (AvgIpc) is 1.91. The second kappa shape index (κ2) is 2.96. The molecule has 0 aromatic carbocycles. The van der Waals surface area contributed by atoms with Crippen LogP contribution >= 0.6 is 0 Å². The van der Waals surface area contributed by atoms with Crippen LogP contribution < -0.4 is 5.56 Å². The minimum Gasteiger partial charge on any atom is -0.313 e. The predicted molar refractivity (Wildman–Crippen MR) is 34.6 cm³/mol. The Labute approximate surface area is 65.3 Å². The van der Waals surface area contributed by atoms with Crippen LogP contribution in [-0.2, 0) is 6.42 Å². The van der Waals surface area contributed by atoms with E-state index in [0.29, 0.717) is 0 Å². The van der Waals surface area contributed by atoms with Crippen LogP contribution in [0.1, 0.15) is 5.56 Å². The predicted octanol–water partition coefficient (Wildman–Crippen LogP) is 0.875. The zero-order valence-corrected chi connectivity index (χ0v) is 5.85. The topological polar surface area (TPSA) is 45.8 Å². The van der Waals surface area contributed by atoms with Gasteiger partial charge in [0, 0.05) is 11.8 Å². The van der Waals surface area contributed by atoms with Gasteiger partial charge < -0.3 is 4.98 Å². The lowest BCUT2D eigenvalue weighted by Crippen LogP contribution is -2.20. The number of hydrogen-bond donors (Lipinski definition) is 1. The second-order valence-electron chi connectivity index (χ2n) is 2.20. The molecule has 0 unspecified atom stereocenters. The van der Waals surface area contributed by atoms with Crippen molar-refractivity contribution in [3.63, 3.8) is 0 Å². The van der Waals surface area contributed by atoms with Gasteiger partial charge in [0.25, 0.3) is 5.56 Å². The van der Waals surface area contributed by atoms with Crippen LogP contribution in [0.5, 0.6) is 0 Å². The number of aromatic nitrogens is 2. The largest absolute Gasteiger partial charge is 0.393 e. The maximum atomic E-state index is 11.7. The summed E-state index contributed by atoms with van der Waals surface area (Å²) < 4.78 is 35.2. The first kappa shape index (κ1) is 8.76. The monoisotopic (exact) mass is 178 g/mol. The Bertz CT molecular complexity index is 317. The van der Waals surface area contributed by atoms with Gasteiger partial charge in [0.15, 0.2) is 0 Å². The lowest BCUT2D eigenvalue weighted by molar-refractivity contribution is -0.127. The molecule has 0 saturated carbocycles. The van der Waals surface area contributed by atoms with Crippen molar-refractivity contribution in [3.05, 3.63) is 28.4 Å². The van der Waals surface area contributed by atoms with Crippen molar-refractivity contribution in [2.24, 2.45) is 0 Å². The van der Waals surface area contributed by atoms with Gasteiger partial charge in [0.05, 0.1) is 12.7 Å². The van der Waals surface area contributed by atoms with E-state index in [1.165, 1.54) is 0 Å². The third kappa shape index (κ3) is 2.37. The first-order chi connectivity index (χ1) is 5.49. The summed E-state index contributed by atoms with van der Waals surface area (Å²) in [6, 6.07) is 0. The summed E-state index contributed by atoms with van der Waals surface area (Å²) in [5.41, 5.74) is -1.12. The molecule has 1 N–H and O–H groups in total. The van der Waals surface area contributed by atoms with Crippen LogP contribution in [0.15, 0.2) is 17.3 Å².